The van der Waals surface area contributed by atoms with E-state index in [1.807, 2.05) is 0 Å². The summed E-state index contributed by atoms with van der Waals surface area (Å²) >= 11 is -5.94. The van der Waals surface area contributed by atoms with Crippen molar-refractivity contribution in [2.24, 2.45) is 0 Å². The first-order valence-electron chi connectivity index (χ1n) is 10.7. The second-order valence-electron chi connectivity index (χ2n) is 7.44. The van der Waals surface area contributed by atoms with Gasteiger partial charge in [0.15, 0.2) is 0 Å². The molecule has 0 radical (unpaired) electrons. The van der Waals surface area contributed by atoms with Gasteiger partial charge in [0, 0.05) is 0 Å². The number of hydrogen-bond acceptors (Lipinski definition) is 4. The van der Waals surface area contributed by atoms with E-state index in [4.69, 9.17) is 14.4 Å². The van der Waals surface area contributed by atoms with E-state index in [2.05, 4.69) is 27.7 Å². The van der Waals surface area contributed by atoms with Crippen molar-refractivity contribution in [3.63, 3.8) is 0 Å². The standard InChI is InChI=1S/C20H44N.4O.Tc/c1-5-9-13-17-21(18-14-10-6-2,19-15-11-7-3)20-16-12-8-4;;;;;/h5-20H2,1-4H3;;;;;/q+1;;;;-1;. The van der Waals surface area contributed by atoms with Crippen molar-refractivity contribution < 1.29 is 34.4 Å². The van der Waals surface area contributed by atoms with Gasteiger partial charge in [-0.15, -0.1) is 0 Å². The summed E-state index contributed by atoms with van der Waals surface area (Å²) in [6.45, 7) is 15.1. The average Bonchev–Trinajstić information content (AvgIpc) is 2.54. The molecular formula is C20H44NO4Tc. The number of nitrogens with zero attached hydrogens (tertiary/aromatic N) is 1. The van der Waals surface area contributed by atoms with Crippen LogP contribution in [0.1, 0.15) is 105 Å². The zero-order valence-electron chi connectivity index (χ0n) is 17.8. The quantitative estimate of drug-likeness (QED) is 0.240. The molecule has 160 valence electrons. The third kappa shape index (κ3) is 22.0. The van der Waals surface area contributed by atoms with E-state index in [0.29, 0.717) is 0 Å². The molecule has 0 unspecified atom stereocenters. The molecule has 5 nitrogen and oxygen atoms in total. The van der Waals surface area contributed by atoms with Crippen LogP contribution in [0.15, 0.2) is 0 Å². The second kappa shape index (κ2) is 18.3. The van der Waals surface area contributed by atoms with Crippen LogP contribution in [0.25, 0.3) is 0 Å². The first-order chi connectivity index (χ1) is 12.2. The molecule has 26 heavy (non-hydrogen) atoms. The molecule has 0 aliphatic carbocycles. The maximum absolute atomic E-state index is 8.62. The molecule has 0 aromatic carbocycles. The Hall–Kier alpha value is -0.0306. The van der Waals surface area contributed by atoms with E-state index in [9.17, 15) is 0 Å². The Morgan fingerprint density at radius 2 is 0.731 bits per heavy atom. The molecule has 0 saturated carbocycles. The van der Waals surface area contributed by atoms with E-state index < -0.39 is 15.5 Å². The summed E-state index contributed by atoms with van der Waals surface area (Å²) in [4.78, 5) is 0. The van der Waals surface area contributed by atoms with Gasteiger partial charge in [-0.2, -0.15) is 0 Å². The molecular weight excluding hydrogens is 416 g/mol. The van der Waals surface area contributed by atoms with E-state index in [1.54, 1.807) is 0 Å². The SMILES string of the molecule is CCCCC[N+](CCCCC)(CCCCC)CCCCC.[O]=[Tc](=[O])(=[O])[O-]. The van der Waals surface area contributed by atoms with Crippen LogP contribution in [0.5, 0.6) is 0 Å². The molecule has 0 rings (SSSR count). The molecule has 6 heteroatoms. The van der Waals surface area contributed by atoms with Crippen LogP contribution in [-0.2, 0) is 26.0 Å². The summed E-state index contributed by atoms with van der Waals surface area (Å²) in [7, 11) is 0. The molecule has 0 saturated heterocycles. The van der Waals surface area contributed by atoms with Gasteiger partial charge in [0.25, 0.3) is 0 Å². The molecule has 0 spiro atoms. The van der Waals surface area contributed by atoms with Gasteiger partial charge in [0.1, 0.15) is 0 Å². The van der Waals surface area contributed by atoms with E-state index in [0.717, 1.165) is 0 Å². The van der Waals surface area contributed by atoms with Crippen LogP contribution in [0, 0.1) is 0 Å². The van der Waals surface area contributed by atoms with Crippen molar-refractivity contribution >= 4 is 0 Å². The van der Waals surface area contributed by atoms with Crippen LogP contribution in [0.3, 0.4) is 0 Å². The fraction of sp³-hybridized carbons (Fsp3) is 1.00. The Kier molecular flexibility index (Phi) is 19.9. The summed E-state index contributed by atoms with van der Waals surface area (Å²) in [5, 5.41) is 0. The Bertz CT molecular complexity index is 384. The van der Waals surface area contributed by atoms with Gasteiger partial charge in [0.2, 0.25) is 0 Å². The van der Waals surface area contributed by atoms with Crippen LogP contribution in [0.2, 0.25) is 0 Å². The summed E-state index contributed by atoms with van der Waals surface area (Å²) in [5.41, 5.74) is 0. The van der Waals surface area contributed by atoms with Crippen molar-refractivity contribution in [2.45, 2.75) is 105 Å². The van der Waals surface area contributed by atoms with Gasteiger partial charge in [0.05, 0.1) is 26.2 Å². The third-order valence-corrected chi connectivity index (χ3v) is 4.94. The second-order valence-corrected chi connectivity index (χ2v) is 9.30. The van der Waals surface area contributed by atoms with Gasteiger partial charge < -0.3 is 4.48 Å². The molecule has 0 aromatic heterocycles. The van der Waals surface area contributed by atoms with Gasteiger partial charge >= 0.3 is 29.9 Å². The summed E-state index contributed by atoms with van der Waals surface area (Å²) in [6, 6.07) is 0. The molecule has 0 fully saturated rings. The predicted molar refractivity (Wildman–Crippen MR) is 99.9 cm³/mol. The number of hydrogen-bond donors (Lipinski definition) is 0. The first-order valence-corrected chi connectivity index (χ1v) is 13.7. The van der Waals surface area contributed by atoms with Crippen molar-refractivity contribution in [1.82, 2.24) is 0 Å². The molecule has 0 atom stereocenters. The topological polar surface area (TPSA) is 74.3 Å². The average molecular weight is 461 g/mol. The molecule has 0 bridgehead atoms. The monoisotopic (exact) mass is 459 g/mol. The zero-order chi connectivity index (χ0) is 20.3. The van der Waals surface area contributed by atoms with Gasteiger partial charge in [-0.3, -0.25) is 0 Å². The van der Waals surface area contributed by atoms with Crippen LogP contribution in [-0.4, -0.2) is 30.7 Å². The first kappa shape index (κ1) is 28.2. The molecule has 0 amide bonds. The number of quaternary nitrogens is 1. The summed E-state index contributed by atoms with van der Waals surface area (Å²) in [6.07, 6.45) is 16.9. The van der Waals surface area contributed by atoms with E-state index in [-0.39, 0.29) is 0 Å². The Labute approximate surface area is 165 Å². The summed E-state index contributed by atoms with van der Waals surface area (Å²) in [5.74, 6) is 0. The van der Waals surface area contributed by atoms with Crippen molar-refractivity contribution in [2.75, 3.05) is 26.2 Å². The molecule has 0 aliphatic heterocycles. The fourth-order valence-electron chi connectivity index (χ4n) is 3.46. The Morgan fingerprint density at radius 3 is 0.885 bits per heavy atom. The molecule has 0 aromatic rings. The third-order valence-electron chi connectivity index (χ3n) is 4.94. The minimum atomic E-state index is -5.94. The van der Waals surface area contributed by atoms with Crippen LogP contribution in [0.4, 0.5) is 0 Å². The minimum absolute atomic E-state index is 1.36. The van der Waals surface area contributed by atoms with Crippen LogP contribution < -0.4 is 3.86 Å². The van der Waals surface area contributed by atoms with Crippen LogP contribution >= 0.6 is 0 Å². The molecule has 0 heterocycles. The predicted octanol–water partition coefficient (Wildman–Crippen LogP) is 5.02. The van der Waals surface area contributed by atoms with Crippen molar-refractivity contribution in [3.05, 3.63) is 0 Å². The zero-order valence-corrected chi connectivity index (χ0v) is 19.6. The Balaban J connectivity index is 0. The number of unbranched alkanes of at least 4 members (excludes halogenated alkanes) is 8. The Morgan fingerprint density at radius 1 is 0.538 bits per heavy atom. The maximum atomic E-state index is 8.62. The molecule has 0 N–H and O–H groups in total. The van der Waals surface area contributed by atoms with Gasteiger partial charge in [-0.05, 0) is 51.4 Å². The van der Waals surface area contributed by atoms with E-state index in [1.165, 1.54) is 108 Å². The van der Waals surface area contributed by atoms with Crippen molar-refractivity contribution in [3.8, 4) is 0 Å². The van der Waals surface area contributed by atoms with E-state index >= 15 is 0 Å². The fourth-order valence-corrected chi connectivity index (χ4v) is 3.46. The summed E-state index contributed by atoms with van der Waals surface area (Å²) < 4.78 is 35.9. The normalized spacial score (nSPS) is 11.9. The van der Waals surface area contributed by atoms with Crippen molar-refractivity contribution in [1.29, 1.82) is 0 Å². The van der Waals surface area contributed by atoms with Gasteiger partial charge in [-0.25, -0.2) is 0 Å². The molecule has 0 aliphatic rings. The van der Waals surface area contributed by atoms with Gasteiger partial charge in [-0.1, -0.05) is 53.4 Å². The number of rotatable bonds is 16.